The minimum Gasteiger partial charge on any atom is -0.368 e. The van der Waals surface area contributed by atoms with E-state index in [0.717, 1.165) is 12.8 Å². The first-order valence-electron chi connectivity index (χ1n) is 6.98. The SMILES string of the molecule is O=C(CCc1nc(Cl)n[nH]1)NCc1noc(C2CCCO2)n1. The van der Waals surface area contributed by atoms with Crippen LogP contribution in [0.15, 0.2) is 4.52 Å². The van der Waals surface area contributed by atoms with Gasteiger partial charge < -0.3 is 14.6 Å². The van der Waals surface area contributed by atoms with Gasteiger partial charge in [0.1, 0.15) is 11.9 Å². The van der Waals surface area contributed by atoms with Gasteiger partial charge in [-0.05, 0) is 24.4 Å². The summed E-state index contributed by atoms with van der Waals surface area (Å²) in [7, 11) is 0. The van der Waals surface area contributed by atoms with Gasteiger partial charge in [0, 0.05) is 19.4 Å². The van der Waals surface area contributed by atoms with Crippen molar-refractivity contribution in [2.75, 3.05) is 6.61 Å². The number of carbonyl (C=O) groups is 1. The van der Waals surface area contributed by atoms with Crippen molar-refractivity contribution in [3.63, 3.8) is 0 Å². The molecule has 1 saturated heterocycles. The molecule has 22 heavy (non-hydrogen) atoms. The second kappa shape index (κ2) is 6.84. The van der Waals surface area contributed by atoms with Crippen molar-refractivity contribution in [1.29, 1.82) is 0 Å². The number of nitrogens with zero attached hydrogens (tertiary/aromatic N) is 4. The van der Waals surface area contributed by atoms with Crippen LogP contribution in [-0.2, 0) is 22.5 Å². The Morgan fingerprint density at radius 1 is 1.45 bits per heavy atom. The number of aromatic amines is 1. The molecule has 1 aliphatic rings. The second-order valence-corrected chi connectivity index (χ2v) is 5.22. The molecule has 0 bridgehead atoms. The molecule has 0 saturated carbocycles. The zero-order valence-corrected chi connectivity index (χ0v) is 12.5. The van der Waals surface area contributed by atoms with Gasteiger partial charge in [0.2, 0.25) is 11.2 Å². The zero-order valence-electron chi connectivity index (χ0n) is 11.7. The fourth-order valence-electron chi connectivity index (χ4n) is 2.12. The number of H-pyrrole nitrogens is 1. The molecule has 118 valence electrons. The van der Waals surface area contributed by atoms with Crippen molar-refractivity contribution in [2.24, 2.45) is 0 Å². The monoisotopic (exact) mass is 326 g/mol. The number of halogens is 1. The topological polar surface area (TPSA) is 119 Å². The Kier molecular flexibility index (Phi) is 4.64. The Balaban J connectivity index is 1.42. The van der Waals surface area contributed by atoms with Crippen LogP contribution in [0.3, 0.4) is 0 Å². The Bertz CT molecular complexity index is 636. The van der Waals surface area contributed by atoms with Crippen LogP contribution in [0.25, 0.3) is 0 Å². The molecule has 0 radical (unpaired) electrons. The maximum atomic E-state index is 11.7. The molecule has 1 atom stereocenters. The van der Waals surface area contributed by atoms with Gasteiger partial charge in [-0.1, -0.05) is 5.16 Å². The average Bonchev–Trinajstić information content (AvgIpc) is 3.23. The maximum absolute atomic E-state index is 11.7. The van der Waals surface area contributed by atoms with Gasteiger partial charge in [-0.2, -0.15) is 4.98 Å². The maximum Gasteiger partial charge on any atom is 0.255 e. The first-order chi connectivity index (χ1) is 10.7. The zero-order chi connectivity index (χ0) is 15.4. The number of nitrogens with one attached hydrogen (secondary N) is 2. The van der Waals surface area contributed by atoms with Crippen molar-refractivity contribution in [1.82, 2.24) is 30.6 Å². The van der Waals surface area contributed by atoms with E-state index in [1.165, 1.54) is 0 Å². The van der Waals surface area contributed by atoms with Gasteiger partial charge >= 0.3 is 0 Å². The first kappa shape index (κ1) is 14.9. The molecule has 2 N–H and O–H groups in total. The quantitative estimate of drug-likeness (QED) is 0.810. The van der Waals surface area contributed by atoms with Crippen LogP contribution in [0.4, 0.5) is 0 Å². The predicted molar refractivity (Wildman–Crippen MR) is 73.8 cm³/mol. The summed E-state index contributed by atoms with van der Waals surface area (Å²) in [6.07, 6.45) is 2.45. The number of hydrogen-bond donors (Lipinski definition) is 2. The molecule has 0 aliphatic carbocycles. The highest BCUT2D eigenvalue weighted by atomic mass is 35.5. The summed E-state index contributed by atoms with van der Waals surface area (Å²) in [6, 6.07) is 0. The van der Waals surface area contributed by atoms with Gasteiger partial charge in [0.05, 0.1) is 6.54 Å². The largest absolute Gasteiger partial charge is 0.368 e. The number of aromatic nitrogens is 5. The molecule has 10 heteroatoms. The van der Waals surface area contributed by atoms with Crippen LogP contribution in [-0.4, -0.2) is 37.8 Å². The van der Waals surface area contributed by atoms with Gasteiger partial charge in [0.25, 0.3) is 5.89 Å². The number of carbonyl (C=O) groups excluding carboxylic acids is 1. The minimum atomic E-state index is -0.143. The lowest BCUT2D eigenvalue weighted by atomic mass is 10.2. The molecule has 1 unspecified atom stereocenters. The predicted octanol–water partition coefficient (Wildman–Crippen LogP) is 0.942. The Morgan fingerprint density at radius 2 is 2.36 bits per heavy atom. The summed E-state index contributed by atoms with van der Waals surface area (Å²) >= 11 is 5.58. The fourth-order valence-corrected chi connectivity index (χ4v) is 2.27. The highest BCUT2D eigenvalue weighted by molar-refractivity contribution is 6.28. The molecule has 1 aliphatic heterocycles. The third-order valence-electron chi connectivity index (χ3n) is 3.23. The molecule has 1 amide bonds. The molecule has 3 rings (SSSR count). The Hall–Kier alpha value is -2.00. The number of amides is 1. The summed E-state index contributed by atoms with van der Waals surface area (Å²) in [6.45, 7) is 0.928. The van der Waals surface area contributed by atoms with Crippen LogP contribution in [0, 0.1) is 0 Å². The Labute approximate surface area is 130 Å². The van der Waals surface area contributed by atoms with Crippen molar-refractivity contribution in [3.8, 4) is 0 Å². The Morgan fingerprint density at radius 3 is 3.09 bits per heavy atom. The second-order valence-electron chi connectivity index (χ2n) is 4.88. The van der Waals surface area contributed by atoms with Crippen molar-refractivity contribution in [3.05, 3.63) is 22.8 Å². The smallest absolute Gasteiger partial charge is 0.255 e. The summed E-state index contributed by atoms with van der Waals surface area (Å²) in [5.41, 5.74) is 0. The van der Waals surface area contributed by atoms with Gasteiger partial charge in [0.15, 0.2) is 5.82 Å². The van der Waals surface area contributed by atoms with E-state index in [1.54, 1.807) is 0 Å². The highest BCUT2D eigenvalue weighted by Gasteiger charge is 2.23. The summed E-state index contributed by atoms with van der Waals surface area (Å²) in [5, 5.41) is 13.0. The lowest BCUT2D eigenvalue weighted by Crippen LogP contribution is -2.23. The lowest BCUT2D eigenvalue weighted by molar-refractivity contribution is -0.121. The lowest BCUT2D eigenvalue weighted by Gasteiger charge is -2.01. The van der Waals surface area contributed by atoms with E-state index in [9.17, 15) is 4.79 Å². The van der Waals surface area contributed by atoms with Gasteiger partial charge in [-0.3, -0.25) is 9.89 Å². The van der Waals surface area contributed by atoms with Crippen molar-refractivity contribution in [2.45, 2.75) is 38.3 Å². The molecule has 3 heterocycles. The van der Waals surface area contributed by atoms with E-state index in [0.29, 0.717) is 30.6 Å². The van der Waals surface area contributed by atoms with E-state index in [2.05, 4.69) is 30.6 Å². The number of ether oxygens (including phenoxy) is 1. The van der Waals surface area contributed by atoms with E-state index in [-0.39, 0.29) is 30.3 Å². The van der Waals surface area contributed by atoms with Crippen LogP contribution < -0.4 is 5.32 Å². The minimum absolute atomic E-state index is 0.117. The van der Waals surface area contributed by atoms with Crippen LogP contribution >= 0.6 is 11.6 Å². The van der Waals surface area contributed by atoms with Crippen molar-refractivity contribution < 1.29 is 14.1 Å². The van der Waals surface area contributed by atoms with Crippen LogP contribution in [0.5, 0.6) is 0 Å². The molecule has 2 aromatic rings. The summed E-state index contributed by atoms with van der Waals surface area (Å²) < 4.78 is 10.6. The van der Waals surface area contributed by atoms with E-state index < -0.39 is 0 Å². The van der Waals surface area contributed by atoms with Gasteiger partial charge in [-0.25, -0.2) is 4.98 Å². The number of rotatable bonds is 6. The molecule has 9 nitrogen and oxygen atoms in total. The fraction of sp³-hybridized carbons (Fsp3) is 0.583. The van der Waals surface area contributed by atoms with Gasteiger partial charge in [-0.15, -0.1) is 5.10 Å². The molecule has 0 spiro atoms. The highest BCUT2D eigenvalue weighted by Crippen LogP contribution is 2.26. The van der Waals surface area contributed by atoms with Crippen LogP contribution in [0.2, 0.25) is 5.28 Å². The van der Waals surface area contributed by atoms with Crippen LogP contribution in [0.1, 0.15) is 42.9 Å². The number of aryl methyl sites for hydroxylation is 1. The van der Waals surface area contributed by atoms with E-state index >= 15 is 0 Å². The summed E-state index contributed by atoms with van der Waals surface area (Å²) in [4.78, 5) is 19.9. The molecule has 0 aromatic carbocycles. The third kappa shape index (κ3) is 3.80. The summed E-state index contributed by atoms with van der Waals surface area (Å²) in [5.74, 6) is 1.33. The molecular formula is C12H15ClN6O3. The number of hydrogen-bond acceptors (Lipinski definition) is 7. The molecule has 2 aromatic heterocycles. The molecular weight excluding hydrogens is 312 g/mol. The average molecular weight is 327 g/mol. The first-order valence-corrected chi connectivity index (χ1v) is 7.36. The third-order valence-corrected chi connectivity index (χ3v) is 3.39. The molecule has 1 fully saturated rings. The van der Waals surface area contributed by atoms with E-state index in [4.69, 9.17) is 20.9 Å². The van der Waals surface area contributed by atoms with Crippen molar-refractivity contribution >= 4 is 17.5 Å². The van der Waals surface area contributed by atoms with E-state index in [1.807, 2.05) is 0 Å². The standard InChI is InChI=1S/C12H15ClN6O3/c13-12-16-8(17-18-12)3-4-10(20)14-6-9-15-11(22-19-9)7-2-1-5-21-7/h7H,1-6H2,(H,14,20)(H,16,17,18). The normalized spacial score (nSPS) is 17.8.